The minimum absolute atomic E-state index is 0.466. The van der Waals surface area contributed by atoms with Crippen molar-refractivity contribution in [2.45, 2.75) is 52.5 Å². The average molecular weight is 219 g/mol. The molecular formula is C15H25N. The molecule has 0 aliphatic rings. The van der Waals surface area contributed by atoms with Crippen molar-refractivity contribution in [3.05, 3.63) is 35.4 Å². The van der Waals surface area contributed by atoms with Gasteiger partial charge in [-0.05, 0) is 36.9 Å². The lowest BCUT2D eigenvalue weighted by Gasteiger charge is -2.15. The van der Waals surface area contributed by atoms with Crippen molar-refractivity contribution in [1.29, 1.82) is 0 Å². The number of hydrogen-bond donors (Lipinski definition) is 1. The van der Waals surface area contributed by atoms with Crippen LogP contribution in [0.2, 0.25) is 0 Å². The third-order valence-electron chi connectivity index (χ3n) is 3.08. The van der Waals surface area contributed by atoms with Crippen LogP contribution in [0, 0.1) is 0 Å². The van der Waals surface area contributed by atoms with E-state index in [1.165, 1.54) is 24.0 Å². The molecule has 0 bridgehead atoms. The Labute approximate surface area is 100 Å². The number of unbranched alkanes of at least 4 members (excludes halogenated alkanes) is 1. The molecule has 0 saturated carbocycles. The van der Waals surface area contributed by atoms with Crippen LogP contribution in [-0.4, -0.2) is 6.54 Å². The second-order valence-electron chi connectivity index (χ2n) is 4.85. The SMILES string of the molecule is CCCCNC(C)c1ccc(C(C)C)cc1. The first-order chi connectivity index (χ1) is 7.65. The fourth-order valence-electron chi connectivity index (χ4n) is 1.78. The van der Waals surface area contributed by atoms with E-state index < -0.39 is 0 Å². The topological polar surface area (TPSA) is 12.0 Å². The summed E-state index contributed by atoms with van der Waals surface area (Å²) in [5, 5.41) is 3.55. The van der Waals surface area contributed by atoms with Gasteiger partial charge in [-0.15, -0.1) is 0 Å². The fraction of sp³-hybridized carbons (Fsp3) is 0.600. The van der Waals surface area contributed by atoms with Gasteiger partial charge in [0.2, 0.25) is 0 Å². The van der Waals surface area contributed by atoms with Crippen molar-refractivity contribution in [1.82, 2.24) is 5.32 Å². The summed E-state index contributed by atoms with van der Waals surface area (Å²) in [7, 11) is 0. The predicted molar refractivity (Wildman–Crippen MR) is 71.9 cm³/mol. The minimum Gasteiger partial charge on any atom is -0.310 e. The molecule has 16 heavy (non-hydrogen) atoms. The van der Waals surface area contributed by atoms with E-state index in [1.807, 2.05) is 0 Å². The van der Waals surface area contributed by atoms with Crippen LogP contribution in [0.4, 0.5) is 0 Å². The average Bonchev–Trinajstić information content (AvgIpc) is 2.29. The molecule has 0 amide bonds. The maximum Gasteiger partial charge on any atom is 0.0291 e. The van der Waals surface area contributed by atoms with Crippen molar-refractivity contribution in [3.63, 3.8) is 0 Å². The Hall–Kier alpha value is -0.820. The normalized spacial score (nSPS) is 13.1. The maximum absolute atomic E-state index is 3.55. The fourth-order valence-corrected chi connectivity index (χ4v) is 1.78. The molecule has 1 nitrogen and oxygen atoms in total. The van der Waals surface area contributed by atoms with E-state index >= 15 is 0 Å². The van der Waals surface area contributed by atoms with Crippen LogP contribution >= 0.6 is 0 Å². The van der Waals surface area contributed by atoms with Gasteiger partial charge in [0.05, 0.1) is 0 Å². The van der Waals surface area contributed by atoms with E-state index in [0.29, 0.717) is 12.0 Å². The Morgan fingerprint density at radius 3 is 2.06 bits per heavy atom. The molecule has 1 heteroatoms. The van der Waals surface area contributed by atoms with Crippen LogP contribution in [0.15, 0.2) is 24.3 Å². The summed E-state index contributed by atoms with van der Waals surface area (Å²) in [6.07, 6.45) is 2.51. The van der Waals surface area contributed by atoms with Crippen LogP contribution in [-0.2, 0) is 0 Å². The van der Waals surface area contributed by atoms with Crippen LogP contribution < -0.4 is 5.32 Å². The summed E-state index contributed by atoms with van der Waals surface area (Å²) < 4.78 is 0. The van der Waals surface area contributed by atoms with Crippen molar-refractivity contribution >= 4 is 0 Å². The van der Waals surface area contributed by atoms with E-state index in [4.69, 9.17) is 0 Å². The quantitative estimate of drug-likeness (QED) is 0.705. The molecule has 0 aromatic heterocycles. The van der Waals surface area contributed by atoms with Gasteiger partial charge in [0.1, 0.15) is 0 Å². The highest BCUT2D eigenvalue weighted by atomic mass is 14.9. The van der Waals surface area contributed by atoms with Crippen molar-refractivity contribution in [2.24, 2.45) is 0 Å². The highest BCUT2D eigenvalue weighted by Crippen LogP contribution is 2.18. The van der Waals surface area contributed by atoms with E-state index in [9.17, 15) is 0 Å². The molecular weight excluding hydrogens is 194 g/mol. The van der Waals surface area contributed by atoms with Crippen molar-refractivity contribution in [2.75, 3.05) is 6.54 Å². The summed E-state index contributed by atoms with van der Waals surface area (Å²) in [6, 6.07) is 9.46. The lowest BCUT2D eigenvalue weighted by Crippen LogP contribution is -2.19. The third kappa shape index (κ3) is 3.97. The Kier molecular flexibility index (Phi) is 5.54. The van der Waals surface area contributed by atoms with Crippen LogP contribution in [0.5, 0.6) is 0 Å². The van der Waals surface area contributed by atoms with Gasteiger partial charge >= 0.3 is 0 Å². The van der Waals surface area contributed by atoms with Gasteiger partial charge in [-0.25, -0.2) is 0 Å². The summed E-state index contributed by atoms with van der Waals surface area (Å²) >= 11 is 0. The van der Waals surface area contributed by atoms with Gasteiger partial charge in [-0.2, -0.15) is 0 Å². The lowest BCUT2D eigenvalue weighted by molar-refractivity contribution is 0.554. The van der Waals surface area contributed by atoms with Gasteiger partial charge < -0.3 is 5.32 Å². The van der Waals surface area contributed by atoms with Gasteiger partial charge in [-0.1, -0.05) is 51.5 Å². The van der Waals surface area contributed by atoms with Crippen LogP contribution in [0.25, 0.3) is 0 Å². The minimum atomic E-state index is 0.466. The van der Waals surface area contributed by atoms with E-state index in [2.05, 4.69) is 57.3 Å². The molecule has 90 valence electrons. The van der Waals surface area contributed by atoms with Crippen molar-refractivity contribution < 1.29 is 0 Å². The first kappa shape index (κ1) is 13.2. The molecule has 1 aromatic rings. The predicted octanol–water partition coefficient (Wildman–Crippen LogP) is 4.26. The summed E-state index contributed by atoms with van der Waals surface area (Å²) in [5.41, 5.74) is 2.81. The Bertz CT molecular complexity index is 287. The van der Waals surface area contributed by atoms with Gasteiger partial charge in [-0.3, -0.25) is 0 Å². The van der Waals surface area contributed by atoms with E-state index in [-0.39, 0.29) is 0 Å². The Morgan fingerprint density at radius 1 is 1.00 bits per heavy atom. The molecule has 0 heterocycles. The molecule has 1 N–H and O–H groups in total. The molecule has 1 aromatic carbocycles. The third-order valence-corrected chi connectivity index (χ3v) is 3.08. The molecule has 0 saturated heterocycles. The van der Waals surface area contributed by atoms with E-state index in [0.717, 1.165) is 6.54 Å². The molecule has 1 unspecified atom stereocenters. The molecule has 1 atom stereocenters. The van der Waals surface area contributed by atoms with Crippen molar-refractivity contribution in [3.8, 4) is 0 Å². The van der Waals surface area contributed by atoms with Gasteiger partial charge in [0.25, 0.3) is 0 Å². The number of nitrogens with one attached hydrogen (secondary N) is 1. The van der Waals surface area contributed by atoms with E-state index in [1.54, 1.807) is 0 Å². The molecule has 0 aliphatic carbocycles. The zero-order chi connectivity index (χ0) is 12.0. The Balaban J connectivity index is 2.52. The first-order valence-electron chi connectivity index (χ1n) is 6.48. The van der Waals surface area contributed by atoms with Crippen LogP contribution in [0.3, 0.4) is 0 Å². The standard InChI is InChI=1S/C15H25N/c1-5-6-11-16-13(4)15-9-7-14(8-10-15)12(2)3/h7-10,12-13,16H,5-6,11H2,1-4H3. The monoisotopic (exact) mass is 219 g/mol. The zero-order valence-corrected chi connectivity index (χ0v) is 11.1. The number of hydrogen-bond acceptors (Lipinski definition) is 1. The smallest absolute Gasteiger partial charge is 0.0291 e. The number of rotatable bonds is 6. The molecule has 0 spiro atoms. The second-order valence-corrected chi connectivity index (χ2v) is 4.85. The van der Waals surface area contributed by atoms with Gasteiger partial charge in [0.15, 0.2) is 0 Å². The largest absolute Gasteiger partial charge is 0.310 e. The maximum atomic E-state index is 3.55. The number of benzene rings is 1. The highest BCUT2D eigenvalue weighted by molar-refractivity contribution is 5.26. The van der Waals surface area contributed by atoms with Crippen LogP contribution in [0.1, 0.15) is 63.6 Å². The highest BCUT2D eigenvalue weighted by Gasteiger charge is 2.04. The summed E-state index contributed by atoms with van der Waals surface area (Å²) in [4.78, 5) is 0. The second kappa shape index (κ2) is 6.70. The first-order valence-corrected chi connectivity index (χ1v) is 6.48. The van der Waals surface area contributed by atoms with Gasteiger partial charge in [0, 0.05) is 6.04 Å². The molecule has 1 rings (SSSR count). The molecule has 0 fully saturated rings. The lowest BCUT2D eigenvalue weighted by atomic mass is 9.99. The molecule has 0 aliphatic heterocycles. The summed E-state index contributed by atoms with van der Waals surface area (Å²) in [6.45, 7) is 10.0. The summed E-state index contributed by atoms with van der Waals surface area (Å²) in [5.74, 6) is 0.623. The molecule has 0 radical (unpaired) electrons. The zero-order valence-electron chi connectivity index (χ0n) is 11.1. The Morgan fingerprint density at radius 2 is 1.56 bits per heavy atom.